The van der Waals surface area contributed by atoms with Crippen molar-refractivity contribution in [2.45, 2.75) is 11.7 Å². The summed E-state index contributed by atoms with van der Waals surface area (Å²) in [4.78, 5) is 40.9. The zero-order valence-corrected chi connectivity index (χ0v) is 18.8. The second-order valence-electron chi connectivity index (χ2n) is 6.50. The average Bonchev–Trinajstić information content (AvgIpc) is 3.25. The predicted molar refractivity (Wildman–Crippen MR) is 122 cm³/mol. The molecule has 3 aromatic rings. The lowest BCUT2D eigenvalue weighted by Crippen LogP contribution is -2.18. The molecule has 0 aliphatic heterocycles. The maximum atomic E-state index is 12.7. The van der Waals surface area contributed by atoms with Crippen molar-refractivity contribution in [3.05, 3.63) is 66.4 Å². The molecule has 33 heavy (non-hydrogen) atoms. The van der Waals surface area contributed by atoms with E-state index in [2.05, 4.69) is 27.1 Å². The number of ether oxygens (including phenoxy) is 2. The van der Waals surface area contributed by atoms with Crippen LogP contribution < -0.4 is 5.32 Å². The Bertz CT molecular complexity index is 1180. The number of esters is 2. The number of aromatic nitrogens is 4. The number of carbonyl (C=O) groups is 3. The number of nitrogens with one attached hydrogen (secondary N) is 1. The van der Waals surface area contributed by atoms with Crippen molar-refractivity contribution in [3.8, 4) is 11.5 Å². The zero-order chi connectivity index (χ0) is 23.8. The van der Waals surface area contributed by atoms with Gasteiger partial charge in [0.25, 0.3) is 0 Å². The highest BCUT2D eigenvalue weighted by Gasteiger charge is 2.19. The first-order valence-corrected chi connectivity index (χ1v) is 10.7. The first kappa shape index (κ1) is 23.7. The van der Waals surface area contributed by atoms with Gasteiger partial charge in [-0.05, 0) is 30.3 Å². The van der Waals surface area contributed by atoms with Gasteiger partial charge in [0.15, 0.2) is 11.0 Å². The number of benzene rings is 1. The number of hydrogen-bond acceptors (Lipinski definition) is 9. The van der Waals surface area contributed by atoms with E-state index in [1.165, 1.54) is 32.4 Å². The maximum Gasteiger partial charge on any atom is 0.339 e. The third-order valence-corrected chi connectivity index (χ3v) is 5.34. The Balaban J connectivity index is 1.78. The molecule has 0 radical (unpaired) electrons. The number of allylic oxidation sites excluding steroid dienone is 1. The number of rotatable bonds is 9. The lowest BCUT2D eigenvalue weighted by molar-refractivity contribution is -0.113. The molecule has 0 bridgehead atoms. The molecule has 0 unspecified atom stereocenters. The fourth-order valence-electron chi connectivity index (χ4n) is 2.87. The molecule has 170 valence electrons. The Morgan fingerprint density at radius 3 is 2.58 bits per heavy atom. The van der Waals surface area contributed by atoms with Crippen LogP contribution in [0.4, 0.5) is 5.69 Å². The van der Waals surface area contributed by atoms with Gasteiger partial charge < -0.3 is 14.8 Å². The van der Waals surface area contributed by atoms with Crippen LogP contribution in [0.15, 0.2) is 60.4 Å². The number of methoxy groups -OCH3 is 2. The normalized spacial score (nSPS) is 10.4. The van der Waals surface area contributed by atoms with Crippen LogP contribution >= 0.6 is 11.8 Å². The molecule has 0 saturated heterocycles. The van der Waals surface area contributed by atoms with Crippen LogP contribution in [-0.4, -0.2) is 57.6 Å². The first-order valence-electron chi connectivity index (χ1n) is 9.67. The monoisotopic (exact) mass is 467 g/mol. The lowest BCUT2D eigenvalue weighted by Gasteiger charge is -2.11. The van der Waals surface area contributed by atoms with Crippen molar-refractivity contribution < 1.29 is 23.9 Å². The van der Waals surface area contributed by atoms with Crippen molar-refractivity contribution in [1.29, 1.82) is 0 Å². The number of carbonyl (C=O) groups excluding carboxylic acids is 3. The van der Waals surface area contributed by atoms with Crippen LogP contribution in [0.1, 0.15) is 20.7 Å². The van der Waals surface area contributed by atoms with Gasteiger partial charge in [0.1, 0.15) is 5.69 Å². The number of thioether (sulfide) groups is 1. The highest BCUT2D eigenvalue weighted by molar-refractivity contribution is 7.99. The summed E-state index contributed by atoms with van der Waals surface area (Å²) in [6.07, 6.45) is 3.35. The van der Waals surface area contributed by atoms with E-state index in [0.29, 0.717) is 23.2 Å². The molecule has 0 aliphatic rings. The fraction of sp³-hybridized carbons (Fsp3) is 0.182. The molecule has 0 saturated carbocycles. The molecule has 2 heterocycles. The third kappa shape index (κ3) is 5.63. The Morgan fingerprint density at radius 2 is 1.91 bits per heavy atom. The largest absolute Gasteiger partial charge is 0.465 e. The molecular weight excluding hydrogens is 446 g/mol. The Kier molecular flexibility index (Phi) is 7.92. The van der Waals surface area contributed by atoms with E-state index in [9.17, 15) is 14.4 Å². The van der Waals surface area contributed by atoms with Gasteiger partial charge in [-0.25, -0.2) is 9.59 Å². The van der Waals surface area contributed by atoms with Gasteiger partial charge in [0.2, 0.25) is 5.91 Å². The van der Waals surface area contributed by atoms with Crippen LogP contribution in [-0.2, 0) is 20.8 Å². The molecule has 2 aromatic heterocycles. The smallest absolute Gasteiger partial charge is 0.339 e. The van der Waals surface area contributed by atoms with Crippen LogP contribution in [0, 0.1) is 0 Å². The van der Waals surface area contributed by atoms with Crippen LogP contribution in [0.25, 0.3) is 11.5 Å². The first-order chi connectivity index (χ1) is 16.0. The van der Waals surface area contributed by atoms with Crippen molar-refractivity contribution >= 4 is 35.3 Å². The Hall–Kier alpha value is -3.99. The topological polar surface area (TPSA) is 125 Å². The molecule has 0 aliphatic carbocycles. The number of pyridine rings is 1. The molecule has 1 amide bonds. The van der Waals surface area contributed by atoms with Crippen LogP contribution in [0.3, 0.4) is 0 Å². The number of anilines is 1. The van der Waals surface area contributed by atoms with E-state index in [1.807, 2.05) is 12.1 Å². The lowest BCUT2D eigenvalue weighted by atomic mass is 10.1. The molecule has 3 rings (SSSR count). The summed E-state index contributed by atoms with van der Waals surface area (Å²) in [6, 6.07) is 9.62. The molecule has 0 fully saturated rings. The minimum absolute atomic E-state index is 0.0272. The van der Waals surface area contributed by atoms with Gasteiger partial charge in [0, 0.05) is 12.7 Å². The minimum Gasteiger partial charge on any atom is -0.465 e. The number of hydrogen-bond donors (Lipinski definition) is 1. The van der Waals surface area contributed by atoms with E-state index < -0.39 is 17.8 Å². The van der Waals surface area contributed by atoms with Gasteiger partial charge in [0.05, 0.1) is 36.8 Å². The van der Waals surface area contributed by atoms with Gasteiger partial charge in [-0.3, -0.25) is 14.3 Å². The van der Waals surface area contributed by atoms with E-state index in [4.69, 9.17) is 9.47 Å². The minimum atomic E-state index is -0.653. The quantitative estimate of drug-likeness (QED) is 0.287. The molecule has 11 heteroatoms. The Labute approximate surface area is 194 Å². The maximum absolute atomic E-state index is 12.7. The molecule has 10 nitrogen and oxygen atoms in total. The summed E-state index contributed by atoms with van der Waals surface area (Å²) in [5.41, 5.74) is 1.07. The second-order valence-corrected chi connectivity index (χ2v) is 7.44. The number of amides is 1. The molecule has 1 N–H and O–H groups in total. The molecule has 1 aromatic carbocycles. The van der Waals surface area contributed by atoms with Gasteiger partial charge in [-0.2, -0.15) is 0 Å². The summed E-state index contributed by atoms with van der Waals surface area (Å²) < 4.78 is 11.3. The summed E-state index contributed by atoms with van der Waals surface area (Å²) in [5.74, 6) is -1.14. The van der Waals surface area contributed by atoms with Crippen molar-refractivity contribution in [2.75, 3.05) is 25.3 Å². The second kappa shape index (κ2) is 11.0. The highest BCUT2D eigenvalue weighted by atomic mass is 32.2. The summed E-state index contributed by atoms with van der Waals surface area (Å²) in [5, 5.41) is 11.5. The Morgan fingerprint density at radius 1 is 1.12 bits per heavy atom. The molecule has 0 spiro atoms. The predicted octanol–water partition coefficient (Wildman–Crippen LogP) is 2.83. The molecular formula is C22H21N5O5S. The van der Waals surface area contributed by atoms with E-state index in [1.54, 1.807) is 22.9 Å². The standard InChI is InChI=1S/C22H21N5O5S/c1-4-11-27-19(16-7-5-6-10-23-16)25-26-22(27)33-13-18(28)24-17-12-14(20(29)31-2)8-9-15(17)21(30)32-3/h4-10,12H,1,11,13H2,2-3H3,(H,24,28). The van der Waals surface area contributed by atoms with Gasteiger partial charge >= 0.3 is 11.9 Å². The van der Waals surface area contributed by atoms with Crippen molar-refractivity contribution in [2.24, 2.45) is 0 Å². The molecule has 0 atom stereocenters. The average molecular weight is 468 g/mol. The van der Waals surface area contributed by atoms with Crippen molar-refractivity contribution in [1.82, 2.24) is 19.7 Å². The van der Waals surface area contributed by atoms with E-state index >= 15 is 0 Å². The van der Waals surface area contributed by atoms with Crippen molar-refractivity contribution in [3.63, 3.8) is 0 Å². The zero-order valence-electron chi connectivity index (χ0n) is 18.0. The summed E-state index contributed by atoms with van der Waals surface area (Å²) in [6.45, 7) is 4.19. The SMILES string of the molecule is C=CCn1c(SCC(=O)Nc2cc(C(=O)OC)ccc2C(=O)OC)nnc1-c1ccccn1. The van der Waals surface area contributed by atoms with Crippen LogP contribution in [0.5, 0.6) is 0 Å². The number of nitrogens with zero attached hydrogens (tertiary/aromatic N) is 4. The fourth-order valence-corrected chi connectivity index (χ4v) is 3.62. The highest BCUT2D eigenvalue weighted by Crippen LogP contribution is 2.24. The summed E-state index contributed by atoms with van der Waals surface area (Å²) >= 11 is 1.16. The van der Waals surface area contributed by atoms with Gasteiger partial charge in [-0.1, -0.05) is 23.9 Å². The van der Waals surface area contributed by atoms with E-state index in [0.717, 1.165) is 11.8 Å². The van der Waals surface area contributed by atoms with E-state index in [-0.39, 0.29) is 22.6 Å². The summed E-state index contributed by atoms with van der Waals surface area (Å²) in [7, 11) is 2.47. The third-order valence-electron chi connectivity index (χ3n) is 4.37. The van der Waals surface area contributed by atoms with Gasteiger partial charge in [-0.15, -0.1) is 16.8 Å². The van der Waals surface area contributed by atoms with Crippen LogP contribution in [0.2, 0.25) is 0 Å².